The van der Waals surface area contributed by atoms with Crippen molar-refractivity contribution in [1.82, 2.24) is 22.8 Å². The van der Waals surface area contributed by atoms with E-state index in [2.05, 4.69) is 586 Å². The average Bonchev–Trinajstić information content (AvgIpc) is 1.50. The van der Waals surface area contributed by atoms with E-state index >= 15 is 0 Å². The monoisotopic (exact) mass is 1870 g/mol. The highest BCUT2D eigenvalue weighted by atomic mass is 15.1. The molecule has 24 aromatic carbocycles. The molecular formula is C141H92N6. The zero-order valence-corrected chi connectivity index (χ0v) is 80.3. The van der Waals surface area contributed by atoms with Gasteiger partial charge in [0, 0.05) is 105 Å². The molecule has 0 saturated heterocycles. The molecule has 0 amide bonds. The first-order valence-corrected chi connectivity index (χ1v) is 50.8. The van der Waals surface area contributed by atoms with Crippen LogP contribution in [0, 0.1) is 0 Å². The molecule has 5 aromatic heterocycles. The lowest BCUT2D eigenvalue weighted by Crippen LogP contribution is -2.26. The number of para-hydroxylation sites is 9. The lowest BCUT2D eigenvalue weighted by atomic mass is 9.70. The Morgan fingerprint density at radius 1 is 0.143 bits per heavy atom. The lowest BCUT2D eigenvalue weighted by Gasteiger charge is -2.32. The molecule has 0 bridgehead atoms. The first kappa shape index (κ1) is 84.5. The van der Waals surface area contributed by atoms with Gasteiger partial charge in [-0.25, -0.2) is 0 Å². The molecule has 686 valence electrons. The van der Waals surface area contributed by atoms with Gasteiger partial charge in [0.2, 0.25) is 0 Å². The summed E-state index contributed by atoms with van der Waals surface area (Å²) in [6.45, 7) is 0. The predicted octanol–water partition coefficient (Wildman–Crippen LogP) is 37.3. The molecule has 147 heavy (non-hydrogen) atoms. The van der Waals surface area contributed by atoms with Crippen LogP contribution in [0.5, 0.6) is 0 Å². The fourth-order valence-electron chi connectivity index (χ4n) is 24.7. The topological polar surface area (TPSA) is 27.9 Å². The number of benzene rings is 24. The highest BCUT2D eigenvalue weighted by Gasteiger charge is 2.52. The average molecular weight is 1870 g/mol. The second kappa shape index (κ2) is 34.5. The Morgan fingerprint density at radius 2 is 0.442 bits per heavy atom. The van der Waals surface area contributed by atoms with Crippen molar-refractivity contribution in [2.45, 2.75) is 5.41 Å². The van der Waals surface area contributed by atoms with Gasteiger partial charge in [-0.3, -0.25) is 0 Å². The number of fused-ring (bicyclic) bond motifs is 29. The lowest BCUT2D eigenvalue weighted by molar-refractivity contribution is 0.793. The van der Waals surface area contributed by atoms with Crippen LogP contribution >= 0.6 is 0 Å². The van der Waals surface area contributed by atoms with E-state index < -0.39 is 5.41 Å². The molecule has 0 N–H and O–H groups in total. The largest absolute Gasteiger partial charge is 0.310 e. The Hall–Kier alpha value is -19.4. The predicted molar refractivity (Wildman–Crippen MR) is 619 cm³/mol. The first-order chi connectivity index (χ1) is 73.0. The second-order valence-corrected chi connectivity index (χ2v) is 38.8. The van der Waals surface area contributed by atoms with Gasteiger partial charge in [0.25, 0.3) is 0 Å². The van der Waals surface area contributed by atoms with Crippen LogP contribution in [-0.4, -0.2) is 22.8 Å². The summed E-state index contributed by atoms with van der Waals surface area (Å²) in [4.78, 5) is 2.41. The minimum atomic E-state index is -0.399. The molecule has 0 aliphatic heterocycles. The van der Waals surface area contributed by atoms with Gasteiger partial charge in [0.1, 0.15) is 0 Å². The zero-order chi connectivity index (χ0) is 96.7. The maximum absolute atomic E-state index is 2.46. The van der Waals surface area contributed by atoms with Crippen molar-refractivity contribution in [3.05, 3.63) is 580 Å². The van der Waals surface area contributed by atoms with Crippen molar-refractivity contribution in [2.75, 3.05) is 4.90 Å². The molecule has 0 atom stereocenters. The van der Waals surface area contributed by atoms with Crippen molar-refractivity contribution in [1.29, 1.82) is 0 Å². The quantitative estimate of drug-likeness (QED) is 0.120. The highest BCUT2D eigenvalue weighted by Crippen LogP contribution is 2.64. The fraction of sp³-hybridized carbons (Fsp3) is 0.00709. The summed E-state index contributed by atoms with van der Waals surface area (Å²) in [6, 6.07) is 204. The van der Waals surface area contributed by atoms with Crippen LogP contribution in [-0.2, 0) is 5.41 Å². The van der Waals surface area contributed by atoms with Gasteiger partial charge in [-0.15, -0.1) is 0 Å². The van der Waals surface area contributed by atoms with Crippen LogP contribution in [0.3, 0.4) is 0 Å². The minimum Gasteiger partial charge on any atom is -0.310 e. The first-order valence-electron chi connectivity index (χ1n) is 50.8. The van der Waals surface area contributed by atoms with E-state index in [1.165, 1.54) is 248 Å². The molecule has 1 spiro atoms. The van der Waals surface area contributed by atoms with E-state index in [-0.39, 0.29) is 0 Å². The van der Waals surface area contributed by atoms with Gasteiger partial charge < -0.3 is 27.7 Å². The summed E-state index contributed by atoms with van der Waals surface area (Å²) in [5, 5.41) is 17.7. The van der Waals surface area contributed by atoms with Crippen molar-refractivity contribution >= 4 is 148 Å². The van der Waals surface area contributed by atoms with E-state index in [1.807, 2.05) is 0 Å². The van der Waals surface area contributed by atoms with Crippen LogP contribution in [0.25, 0.3) is 226 Å². The second-order valence-electron chi connectivity index (χ2n) is 38.8. The number of aromatic nitrogens is 5. The van der Waals surface area contributed by atoms with Crippen LogP contribution in [0.1, 0.15) is 22.3 Å². The van der Waals surface area contributed by atoms with Gasteiger partial charge in [-0.2, -0.15) is 0 Å². The minimum absolute atomic E-state index is 0.399. The number of anilines is 3. The summed E-state index contributed by atoms with van der Waals surface area (Å²) < 4.78 is 12.0. The van der Waals surface area contributed by atoms with Gasteiger partial charge in [0.15, 0.2) is 0 Å². The van der Waals surface area contributed by atoms with Crippen LogP contribution in [0.15, 0.2) is 558 Å². The van der Waals surface area contributed by atoms with E-state index in [4.69, 9.17) is 0 Å². The van der Waals surface area contributed by atoms with Crippen molar-refractivity contribution in [3.63, 3.8) is 0 Å². The third-order valence-corrected chi connectivity index (χ3v) is 31.0. The molecule has 31 rings (SSSR count). The van der Waals surface area contributed by atoms with Crippen LogP contribution in [0.4, 0.5) is 17.1 Å². The zero-order valence-electron chi connectivity index (χ0n) is 80.3. The Bertz CT molecular complexity index is 10200. The number of nitrogens with zero attached hydrogens (tertiary/aromatic N) is 6. The number of hydrogen-bond acceptors (Lipinski definition) is 1. The molecule has 6 heteroatoms. The van der Waals surface area contributed by atoms with Crippen molar-refractivity contribution < 1.29 is 0 Å². The molecule has 2 aliphatic carbocycles. The molecule has 29 aromatic rings. The van der Waals surface area contributed by atoms with E-state index in [9.17, 15) is 0 Å². The summed E-state index contributed by atoms with van der Waals surface area (Å²) in [5.41, 5.74) is 41.4. The van der Waals surface area contributed by atoms with Gasteiger partial charge in [0.05, 0.1) is 60.6 Å². The fourth-order valence-corrected chi connectivity index (χ4v) is 24.7. The summed E-state index contributed by atoms with van der Waals surface area (Å²) in [5.74, 6) is 0. The summed E-state index contributed by atoms with van der Waals surface area (Å²) >= 11 is 0. The number of rotatable bonds is 12. The van der Waals surface area contributed by atoms with Crippen molar-refractivity contribution in [2.24, 2.45) is 0 Å². The van der Waals surface area contributed by atoms with E-state index in [1.54, 1.807) is 0 Å². The molecule has 5 heterocycles. The normalized spacial score (nSPS) is 12.3. The third kappa shape index (κ3) is 13.5. The third-order valence-electron chi connectivity index (χ3n) is 31.0. The maximum Gasteiger partial charge on any atom is 0.0726 e. The van der Waals surface area contributed by atoms with E-state index in [0.29, 0.717) is 0 Å². The molecular weight excluding hydrogens is 1780 g/mol. The maximum atomic E-state index is 2.46. The Balaban J connectivity index is 0.000000105. The van der Waals surface area contributed by atoms with Crippen LogP contribution < -0.4 is 4.90 Å². The standard InChI is InChI=1S/C55H36N2.C46H30N2.C40H26N2/c1-3-15-39(16-4-1)56(41-30-27-37(28-31-41)38-29-34-54-48(35-38)47-22-10-14-26-53(47)57(54)40-17-5-2-6-18-40)42-32-33-46-45-21-9-13-25-51(45)55(52(46)36-42)49-23-11-7-19-43(49)44-20-8-12-24-50(44)55;1-4-12-31(13-5-1)33-21-24-42-39(28-33)40-29-34(22-25-43(40)47(42)36-15-6-2-7-16-36)35-23-26-44-41(30-35)46-38-19-11-10-14-32(38)20-27-45(46)48(44)37-17-8-3-9-18-37;1-3-13-28(14-4-1)41-37-21-11-9-18-31(37)35-25-27(23-24-39(35)41)34-26-36-32-19-10-12-22-38(32)42(29-15-5-2-6-16-29)40(36)33-20-8-7-17-30(33)34/h1-36H;1-30H;1-26H. The molecule has 0 saturated carbocycles. The Kier molecular flexibility index (Phi) is 19.8. The van der Waals surface area contributed by atoms with Crippen molar-refractivity contribution in [3.8, 4) is 95.2 Å². The van der Waals surface area contributed by atoms with E-state index in [0.717, 1.165) is 17.1 Å². The highest BCUT2D eigenvalue weighted by molar-refractivity contribution is 6.25. The van der Waals surface area contributed by atoms with Crippen LogP contribution in [0.2, 0.25) is 0 Å². The summed E-state index contributed by atoms with van der Waals surface area (Å²) in [6.07, 6.45) is 0. The van der Waals surface area contributed by atoms with Gasteiger partial charge in [-0.1, -0.05) is 370 Å². The summed E-state index contributed by atoms with van der Waals surface area (Å²) in [7, 11) is 0. The molecule has 0 fully saturated rings. The Labute approximate surface area is 850 Å². The molecule has 0 unspecified atom stereocenters. The molecule has 6 nitrogen and oxygen atoms in total. The SMILES string of the molecule is c1ccc(-c2ccc3c(c2)c2cc(-c4ccc5c(c4)c4c6ccccc6ccc4n5-c4ccccc4)ccc2n3-c2ccccc2)cc1.c1ccc(-n2c3ccccc3c3cc(-c4cc5c6ccccc6n(-c6ccccc6)c5c5ccccc45)ccc32)cc1.c1ccc(N(c2ccc(-c3ccc4c(c3)c3ccccc3n4-c3ccccc3)cc2)c2ccc3c(c2)C2(c4ccccc4-c4ccccc42)c2ccccc2-3)cc1. The molecule has 0 radical (unpaired) electrons. The molecule has 2 aliphatic rings. The smallest absolute Gasteiger partial charge is 0.0726 e. The van der Waals surface area contributed by atoms with Gasteiger partial charge in [-0.05, 0) is 293 Å². The Morgan fingerprint density at radius 3 is 0.925 bits per heavy atom. The number of hydrogen-bond donors (Lipinski definition) is 0. The van der Waals surface area contributed by atoms with Gasteiger partial charge >= 0.3 is 0 Å².